The Hall–Kier alpha value is -2.04. The summed E-state index contributed by atoms with van der Waals surface area (Å²) in [5.41, 5.74) is 2.19. The Labute approximate surface area is 118 Å². The first-order chi connectivity index (χ1) is 9.61. The molecule has 5 heteroatoms. The van der Waals surface area contributed by atoms with Gasteiger partial charge in [-0.1, -0.05) is 31.5 Å². The SMILES string of the molecule is CCC[C@@H](NC(=O)CC1CNc2ccccc21)C(=O)O. The van der Waals surface area contributed by atoms with Crippen molar-refractivity contribution in [1.82, 2.24) is 5.32 Å². The molecular formula is C15H20N2O3. The number of rotatable bonds is 6. The molecule has 0 radical (unpaired) electrons. The molecule has 1 unspecified atom stereocenters. The zero-order chi connectivity index (χ0) is 14.5. The van der Waals surface area contributed by atoms with E-state index >= 15 is 0 Å². The number of aliphatic carboxylic acids is 1. The third-order valence-corrected chi connectivity index (χ3v) is 3.58. The Morgan fingerprint density at radius 1 is 1.45 bits per heavy atom. The summed E-state index contributed by atoms with van der Waals surface area (Å²) in [5.74, 6) is -1.05. The first-order valence-corrected chi connectivity index (χ1v) is 6.96. The number of carboxylic acid groups (broad SMARTS) is 1. The third kappa shape index (κ3) is 3.29. The van der Waals surface area contributed by atoms with E-state index in [1.165, 1.54) is 0 Å². The molecule has 5 nitrogen and oxygen atoms in total. The van der Waals surface area contributed by atoms with Crippen molar-refractivity contribution >= 4 is 17.6 Å². The van der Waals surface area contributed by atoms with Crippen LogP contribution < -0.4 is 10.6 Å². The largest absolute Gasteiger partial charge is 0.480 e. The smallest absolute Gasteiger partial charge is 0.326 e. The second kappa shape index (κ2) is 6.41. The molecule has 2 rings (SSSR count). The molecule has 0 spiro atoms. The lowest BCUT2D eigenvalue weighted by Gasteiger charge is -2.15. The summed E-state index contributed by atoms with van der Waals surface area (Å²) in [6.07, 6.45) is 1.50. The van der Waals surface area contributed by atoms with Crippen LogP contribution in [-0.2, 0) is 9.59 Å². The van der Waals surface area contributed by atoms with E-state index in [0.29, 0.717) is 12.8 Å². The van der Waals surface area contributed by atoms with Crippen LogP contribution in [0.25, 0.3) is 0 Å². The van der Waals surface area contributed by atoms with Crippen LogP contribution in [0.1, 0.15) is 37.7 Å². The minimum absolute atomic E-state index is 0.113. The number of carbonyl (C=O) groups excluding carboxylic acids is 1. The van der Waals surface area contributed by atoms with Crippen molar-refractivity contribution < 1.29 is 14.7 Å². The maximum atomic E-state index is 12.0. The van der Waals surface area contributed by atoms with E-state index in [4.69, 9.17) is 5.11 Å². The average molecular weight is 276 g/mol. The summed E-state index contributed by atoms with van der Waals surface area (Å²) < 4.78 is 0. The van der Waals surface area contributed by atoms with Gasteiger partial charge >= 0.3 is 5.97 Å². The zero-order valence-electron chi connectivity index (χ0n) is 11.6. The van der Waals surface area contributed by atoms with Gasteiger partial charge in [-0.3, -0.25) is 4.79 Å². The van der Waals surface area contributed by atoms with Crippen molar-refractivity contribution in [3.8, 4) is 0 Å². The molecule has 0 aromatic heterocycles. The Bertz CT molecular complexity index is 502. The van der Waals surface area contributed by atoms with E-state index in [9.17, 15) is 9.59 Å². The third-order valence-electron chi connectivity index (χ3n) is 3.58. The molecule has 1 aliphatic rings. The molecular weight excluding hydrogens is 256 g/mol. The topological polar surface area (TPSA) is 78.4 Å². The van der Waals surface area contributed by atoms with Crippen LogP contribution in [0.5, 0.6) is 0 Å². The van der Waals surface area contributed by atoms with Crippen LogP contribution in [0.15, 0.2) is 24.3 Å². The second-order valence-corrected chi connectivity index (χ2v) is 5.12. The minimum atomic E-state index is -0.967. The molecule has 1 aliphatic heterocycles. The second-order valence-electron chi connectivity index (χ2n) is 5.12. The Kier molecular flexibility index (Phi) is 4.61. The Morgan fingerprint density at radius 2 is 2.20 bits per heavy atom. The van der Waals surface area contributed by atoms with Gasteiger partial charge in [-0.15, -0.1) is 0 Å². The van der Waals surface area contributed by atoms with E-state index in [-0.39, 0.29) is 11.8 Å². The van der Waals surface area contributed by atoms with Crippen molar-refractivity contribution in [2.45, 2.75) is 38.1 Å². The summed E-state index contributed by atoms with van der Waals surface area (Å²) in [7, 11) is 0. The van der Waals surface area contributed by atoms with Gasteiger partial charge in [-0.05, 0) is 18.1 Å². The number of carbonyl (C=O) groups is 2. The lowest BCUT2D eigenvalue weighted by molar-refractivity contribution is -0.142. The fourth-order valence-corrected chi connectivity index (χ4v) is 2.56. The summed E-state index contributed by atoms with van der Waals surface area (Å²) >= 11 is 0. The minimum Gasteiger partial charge on any atom is -0.480 e. The molecule has 0 saturated heterocycles. The molecule has 20 heavy (non-hydrogen) atoms. The van der Waals surface area contributed by atoms with Crippen LogP contribution in [0, 0.1) is 0 Å². The predicted molar refractivity (Wildman–Crippen MR) is 76.8 cm³/mol. The fourth-order valence-electron chi connectivity index (χ4n) is 2.56. The molecule has 1 amide bonds. The van der Waals surface area contributed by atoms with Crippen LogP contribution >= 0.6 is 0 Å². The molecule has 2 atom stereocenters. The monoisotopic (exact) mass is 276 g/mol. The first-order valence-electron chi connectivity index (χ1n) is 6.96. The molecule has 0 fully saturated rings. The van der Waals surface area contributed by atoms with Crippen molar-refractivity contribution in [3.63, 3.8) is 0 Å². The van der Waals surface area contributed by atoms with Crippen molar-refractivity contribution in [2.24, 2.45) is 0 Å². The van der Waals surface area contributed by atoms with Crippen LogP contribution in [0.4, 0.5) is 5.69 Å². The van der Waals surface area contributed by atoms with Gasteiger partial charge in [0.15, 0.2) is 0 Å². The number of hydrogen-bond acceptors (Lipinski definition) is 3. The van der Waals surface area contributed by atoms with E-state index in [1.807, 2.05) is 31.2 Å². The summed E-state index contributed by atoms with van der Waals surface area (Å²) in [6, 6.07) is 7.12. The lowest BCUT2D eigenvalue weighted by Crippen LogP contribution is -2.41. The van der Waals surface area contributed by atoms with Crippen molar-refractivity contribution in [3.05, 3.63) is 29.8 Å². The maximum Gasteiger partial charge on any atom is 0.326 e. The number of benzene rings is 1. The van der Waals surface area contributed by atoms with E-state index < -0.39 is 12.0 Å². The number of amides is 1. The number of carboxylic acids is 1. The van der Waals surface area contributed by atoms with E-state index in [1.54, 1.807) is 0 Å². The molecule has 0 bridgehead atoms. The highest BCUT2D eigenvalue weighted by molar-refractivity contribution is 5.84. The quantitative estimate of drug-likeness (QED) is 0.742. The standard InChI is InChI=1S/C15H20N2O3/c1-2-5-13(15(19)20)17-14(18)8-10-9-16-12-7-4-3-6-11(10)12/h3-4,6-7,10,13,16H,2,5,8-9H2,1H3,(H,17,18)(H,19,20)/t10?,13-/m1/s1. The number of para-hydroxylation sites is 1. The number of anilines is 1. The van der Waals surface area contributed by atoms with Gasteiger partial charge in [0.05, 0.1) is 0 Å². The van der Waals surface area contributed by atoms with Crippen molar-refractivity contribution in [1.29, 1.82) is 0 Å². The van der Waals surface area contributed by atoms with Gasteiger partial charge in [0, 0.05) is 24.6 Å². The van der Waals surface area contributed by atoms with Crippen LogP contribution in [-0.4, -0.2) is 29.6 Å². The summed E-state index contributed by atoms with van der Waals surface area (Å²) in [4.78, 5) is 23.0. The Morgan fingerprint density at radius 3 is 2.90 bits per heavy atom. The summed E-state index contributed by atoms with van der Waals surface area (Å²) in [5, 5.41) is 14.9. The fraction of sp³-hybridized carbons (Fsp3) is 0.467. The average Bonchev–Trinajstić information content (AvgIpc) is 2.81. The summed E-state index contributed by atoms with van der Waals surface area (Å²) in [6.45, 7) is 2.62. The van der Waals surface area contributed by atoms with E-state index in [2.05, 4.69) is 10.6 Å². The molecule has 1 aromatic carbocycles. The Balaban J connectivity index is 1.94. The molecule has 1 aromatic rings. The van der Waals surface area contributed by atoms with Gasteiger partial charge in [0.2, 0.25) is 5.91 Å². The molecule has 1 heterocycles. The highest BCUT2D eigenvalue weighted by Gasteiger charge is 2.26. The predicted octanol–water partition coefficient (Wildman–Crippen LogP) is 1.96. The maximum absolute atomic E-state index is 12.0. The highest BCUT2D eigenvalue weighted by Crippen LogP contribution is 2.33. The van der Waals surface area contributed by atoms with Crippen molar-refractivity contribution in [2.75, 3.05) is 11.9 Å². The normalized spacial score (nSPS) is 17.9. The van der Waals surface area contributed by atoms with Gasteiger partial charge < -0.3 is 15.7 Å². The lowest BCUT2D eigenvalue weighted by atomic mass is 9.97. The number of nitrogens with one attached hydrogen (secondary N) is 2. The highest BCUT2D eigenvalue weighted by atomic mass is 16.4. The van der Waals surface area contributed by atoms with Gasteiger partial charge in [-0.25, -0.2) is 4.79 Å². The zero-order valence-corrected chi connectivity index (χ0v) is 11.6. The molecule has 108 valence electrons. The molecule has 0 saturated carbocycles. The van der Waals surface area contributed by atoms with Crippen LogP contribution in [0.3, 0.4) is 0 Å². The van der Waals surface area contributed by atoms with Gasteiger partial charge in [-0.2, -0.15) is 0 Å². The first kappa shape index (κ1) is 14.4. The van der Waals surface area contributed by atoms with Gasteiger partial charge in [0.1, 0.15) is 6.04 Å². The van der Waals surface area contributed by atoms with Gasteiger partial charge in [0.25, 0.3) is 0 Å². The number of hydrogen-bond donors (Lipinski definition) is 3. The van der Waals surface area contributed by atoms with E-state index in [0.717, 1.165) is 24.2 Å². The molecule has 3 N–H and O–H groups in total. The number of fused-ring (bicyclic) bond motifs is 1. The molecule has 0 aliphatic carbocycles. The van der Waals surface area contributed by atoms with Crippen LogP contribution in [0.2, 0.25) is 0 Å².